The van der Waals surface area contributed by atoms with Crippen LogP contribution in [0.25, 0.3) is 0 Å². The second kappa shape index (κ2) is 38.4. The van der Waals surface area contributed by atoms with Gasteiger partial charge in [-0.25, -0.2) is 4.79 Å². The number of esters is 2. The number of aliphatic carboxylic acids is 1. The lowest BCUT2D eigenvalue weighted by atomic mass is 10.1. The van der Waals surface area contributed by atoms with E-state index in [2.05, 4.69) is 92.8 Å². The molecule has 2 unspecified atom stereocenters. The van der Waals surface area contributed by atoms with E-state index in [1.807, 2.05) is 27.2 Å². The number of allylic oxidation sites excluding steroid dienone is 14. The van der Waals surface area contributed by atoms with Crippen LogP contribution in [0, 0.1) is 0 Å². The summed E-state index contributed by atoms with van der Waals surface area (Å²) in [5, 5.41) is 9.61. The number of carboxylic acids is 1. The van der Waals surface area contributed by atoms with E-state index in [-0.39, 0.29) is 36.2 Å². The van der Waals surface area contributed by atoms with Crippen molar-refractivity contribution >= 4 is 17.9 Å². The molecule has 0 saturated carbocycles. The monoisotopic (exact) mass is 783 g/mol. The van der Waals surface area contributed by atoms with Crippen LogP contribution in [-0.2, 0) is 28.6 Å². The number of hydrogen-bond donors (Lipinski definition) is 1. The number of likely N-dealkylation sites (N-methyl/N-ethyl adjacent to an activating group) is 1. The van der Waals surface area contributed by atoms with Gasteiger partial charge in [0.1, 0.15) is 6.61 Å². The molecule has 0 aromatic heterocycles. The molecule has 0 spiro atoms. The summed E-state index contributed by atoms with van der Waals surface area (Å²) in [7, 11) is 5.50. The van der Waals surface area contributed by atoms with E-state index in [9.17, 15) is 19.5 Å². The first-order chi connectivity index (χ1) is 27.1. The van der Waals surface area contributed by atoms with Crippen LogP contribution in [-0.4, -0.2) is 80.6 Å². The molecule has 0 bridgehead atoms. The predicted molar refractivity (Wildman–Crippen MR) is 233 cm³/mol. The SMILES string of the molecule is CC/C=C/C/C=C/C/C=C/CCCCCCC(=O)OCC(COCCC(C(=O)O)[N+](C)(C)C)OC(=O)CCCCCCC/C=C/C=C/C=C/C=C/CCCCC. The van der Waals surface area contributed by atoms with Crippen molar-refractivity contribution in [3.8, 4) is 0 Å². The van der Waals surface area contributed by atoms with Crippen molar-refractivity contribution in [2.45, 2.75) is 161 Å². The standard InChI is InChI=1S/C48H79NO7/c1-6-8-10-12-14-16-18-20-22-23-24-25-27-29-31-33-35-37-39-47(51)56-44(42-54-41-40-45(48(52)53)49(3,4)5)43-55-46(50)38-36-34-32-30-28-26-21-19-17-15-13-11-9-7-2/h9,11,14-18,20-26,44-45H,6-8,10,12-13,19,27-43H2,1-5H3/p+1/b11-9+,16-14+,17-15+,20-18+,23-22+,25-24+,26-21+. The molecule has 0 saturated heterocycles. The largest absolute Gasteiger partial charge is 0.477 e. The normalized spacial score (nSPS) is 13.8. The molecule has 2 atom stereocenters. The van der Waals surface area contributed by atoms with Gasteiger partial charge in [0.2, 0.25) is 0 Å². The van der Waals surface area contributed by atoms with Crippen molar-refractivity contribution in [2.75, 3.05) is 41.0 Å². The maximum atomic E-state index is 12.7. The van der Waals surface area contributed by atoms with Gasteiger partial charge in [0.15, 0.2) is 12.1 Å². The fraction of sp³-hybridized carbons (Fsp3) is 0.646. The number of quaternary nitrogens is 1. The van der Waals surface area contributed by atoms with Crippen molar-refractivity contribution in [1.29, 1.82) is 0 Å². The quantitative estimate of drug-likeness (QED) is 0.0220. The van der Waals surface area contributed by atoms with Gasteiger partial charge in [-0.3, -0.25) is 9.59 Å². The molecule has 0 fully saturated rings. The summed E-state index contributed by atoms with van der Waals surface area (Å²) in [5.41, 5.74) is 0. The highest BCUT2D eigenvalue weighted by Gasteiger charge is 2.31. The number of carbonyl (C=O) groups excluding carboxylic acids is 2. The van der Waals surface area contributed by atoms with Gasteiger partial charge in [0, 0.05) is 19.3 Å². The van der Waals surface area contributed by atoms with Crippen molar-refractivity contribution in [3.63, 3.8) is 0 Å². The smallest absolute Gasteiger partial charge is 0.362 e. The lowest BCUT2D eigenvalue weighted by Crippen LogP contribution is -2.50. The van der Waals surface area contributed by atoms with E-state index >= 15 is 0 Å². The summed E-state index contributed by atoms with van der Waals surface area (Å²) in [4.78, 5) is 37.0. The number of ether oxygens (including phenoxy) is 3. The zero-order chi connectivity index (χ0) is 41.4. The molecule has 0 aliphatic carbocycles. The molecule has 1 N–H and O–H groups in total. The van der Waals surface area contributed by atoms with Crippen LogP contribution in [0.4, 0.5) is 0 Å². The molecule has 0 aromatic rings. The van der Waals surface area contributed by atoms with Gasteiger partial charge in [-0.15, -0.1) is 0 Å². The number of nitrogens with zero attached hydrogens (tertiary/aromatic N) is 1. The van der Waals surface area contributed by atoms with Gasteiger partial charge in [-0.1, -0.05) is 144 Å². The number of hydrogen-bond acceptors (Lipinski definition) is 6. The molecule has 0 aliphatic heterocycles. The highest BCUT2D eigenvalue weighted by molar-refractivity contribution is 5.72. The van der Waals surface area contributed by atoms with E-state index < -0.39 is 18.1 Å². The fourth-order valence-corrected chi connectivity index (χ4v) is 5.76. The van der Waals surface area contributed by atoms with Crippen molar-refractivity contribution in [3.05, 3.63) is 85.1 Å². The van der Waals surface area contributed by atoms with Gasteiger partial charge >= 0.3 is 17.9 Å². The Bertz CT molecular complexity index is 1190. The van der Waals surface area contributed by atoms with Crippen LogP contribution in [0.1, 0.15) is 149 Å². The summed E-state index contributed by atoms with van der Waals surface area (Å²) >= 11 is 0. The highest BCUT2D eigenvalue weighted by Crippen LogP contribution is 2.12. The Hall–Kier alpha value is -3.49. The minimum absolute atomic E-state index is 0.0386. The Morgan fingerprint density at radius 3 is 1.64 bits per heavy atom. The Labute approximate surface area is 342 Å². The molecule has 0 amide bonds. The van der Waals surface area contributed by atoms with Gasteiger partial charge in [-0.2, -0.15) is 0 Å². The molecule has 8 nitrogen and oxygen atoms in total. The van der Waals surface area contributed by atoms with Gasteiger partial charge in [-0.05, 0) is 70.6 Å². The molecule has 0 rings (SSSR count). The molecule has 0 radical (unpaired) electrons. The van der Waals surface area contributed by atoms with Crippen LogP contribution in [0.3, 0.4) is 0 Å². The lowest BCUT2D eigenvalue weighted by molar-refractivity contribution is -0.887. The average Bonchev–Trinajstić information content (AvgIpc) is 3.15. The highest BCUT2D eigenvalue weighted by atomic mass is 16.6. The van der Waals surface area contributed by atoms with Gasteiger partial charge < -0.3 is 23.8 Å². The van der Waals surface area contributed by atoms with Crippen LogP contribution in [0.2, 0.25) is 0 Å². The van der Waals surface area contributed by atoms with E-state index in [0.29, 0.717) is 19.3 Å². The third-order valence-corrected chi connectivity index (χ3v) is 9.12. The first kappa shape index (κ1) is 52.5. The molecule has 318 valence electrons. The minimum Gasteiger partial charge on any atom is -0.477 e. The molecule has 0 aromatic carbocycles. The second-order valence-electron chi connectivity index (χ2n) is 15.3. The van der Waals surface area contributed by atoms with Crippen LogP contribution in [0.15, 0.2) is 85.1 Å². The van der Waals surface area contributed by atoms with Crippen LogP contribution in [0.5, 0.6) is 0 Å². The number of rotatable bonds is 37. The lowest BCUT2D eigenvalue weighted by Gasteiger charge is -2.31. The first-order valence-corrected chi connectivity index (χ1v) is 21.7. The molecular formula is C48H80NO7+. The first-order valence-electron chi connectivity index (χ1n) is 21.7. The van der Waals surface area contributed by atoms with Gasteiger partial charge in [0.25, 0.3) is 0 Å². The van der Waals surface area contributed by atoms with Crippen LogP contribution < -0.4 is 0 Å². The molecule has 0 heterocycles. The number of unbranched alkanes of at least 4 members (excludes halogenated alkanes) is 12. The summed E-state index contributed by atoms with van der Waals surface area (Å²) in [6.07, 6.45) is 49.0. The maximum Gasteiger partial charge on any atom is 0.362 e. The summed E-state index contributed by atoms with van der Waals surface area (Å²) in [5.74, 6) is -1.54. The zero-order valence-electron chi connectivity index (χ0n) is 36.1. The van der Waals surface area contributed by atoms with E-state index in [4.69, 9.17) is 14.2 Å². The third kappa shape index (κ3) is 36.2. The Balaban J connectivity index is 4.47. The molecule has 56 heavy (non-hydrogen) atoms. The van der Waals surface area contributed by atoms with E-state index in [1.165, 1.54) is 19.3 Å². The van der Waals surface area contributed by atoms with Crippen molar-refractivity contribution < 1.29 is 38.2 Å². The zero-order valence-corrected chi connectivity index (χ0v) is 36.1. The Morgan fingerprint density at radius 2 is 1.07 bits per heavy atom. The van der Waals surface area contributed by atoms with Crippen LogP contribution >= 0.6 is 0 Å². The minimum atomic E-state index is -0.887. The number of carboxylic acid groups (broad SMARTS) is 1. The summed E-state index contributed by atoms with van der Waals surface area (Å²) in [6.45, 7) is 4.51. The van der Waals surface area contributed by atoms with E-state index in [0.717, 1.165) is 96.3 Å². The summed E-state index contributed by atoms with van der Waals surface area (Å²) in [6, 6.07) is -0.627. The third-order valence-electron chi connectivity index (χ3n) is 9.12. The summed E-state index contributed by atoms with van der Waals surface area (Å²) < 4.78 is 17.2. The molecule has 8 heteroatoms. The molecular weight excluding hydrogens is 703 g/mol. The van der Waals surface area contributed by atoms with Crippen molar-refractivity contribution in [1.82, 2.24) is 0 Å². The maximum absolute atomic E-state index is 12.7. The Kier molecular flexibility index (Phi) is 36.0. The predicted octanol–water partition coefficient (Wildman–Crippen LogP) is 11.7. The van der Waals surface area contributed by atoms with Crippen molar-refractivity contribution in [2.24, 2.45) is 0 Å². The van der Waals surface area contributed by atoms with Gasteiger partial charge in [0.05, 0.1) is 34.4 Å². The fourth-order valence-electron chi connectivity index (χ4n) is 5.76. The van der Waals surface area contributed by atoms with E-state index in [1.54, 1.807) is 0 Å². The average molecular weight is 783 g/mol. The molecule has 0 aliphatic rings. The number of carbonyl (C=O) groups is 3. The second-order valence-corrected chi connectivity index (χ2v) is 15.3. The topological polar surface area (TPSA) is 99.1 Å². The Morgan fingerprint density at radius 1 is 0.571 bits per heavy atom.